The predicted octanol–water partition coefficient (Wildman–Crippen LogP) is 4.41. The number of halogens is 1. The number of rotatable bonds is 7. The summed E-state index contributed by atoms with van der Waals surface area (Å²) in [6.07, 6.45) is 0.0710. The third kappa shape index (κ3) is 5.10. The summed E-state index contributed by atoms with van der Waals surface area (Å²) < 4.78 is 43.1. The Morgan fingerprint density at radius 2 is 1.94 bits per heavy atom. The number of hydrogen-bond acceptors (Lipinski definition) is 6. The van der Waals surface area contributed by atoms with Gasteiger partial charge in [0.25, 0.3) is 0 Å². The Kier molecular flexibility index (Phi) is 6.73. The zero-order valence-corrected chi connectivity index (χ0v) is 18.4. The van der Waals surface area contributed by atoms with Gasteiger partial charge in [-0.25, -0.2) is 12.8 Å². The Hall–Kier alpha value is -3.22. The molecule has 1 N–H and O–H groups in total. The molecule has 0 aliphatic carbocycles. The summed E-state index contributed by atoms with van der Waals surface area (Å²) in [6.45, 7) is 1.58. The van der Waals surface area contributed by atoms with Gasteiger partial charge < -0.3 is 10.1 Å². The van der Waals surface area contributed by atoms with E-state index in [2.05, 4.69) is 5.32 Å². The first-order chi connectivity index (χ1) is 14.8. The van der Waals surface area contributed by atoms with Gasteiger partial charge in [0.2, 0.25) is 5.91 Å². The van der Waals surface area contributed by atoms with Crippen molar-refractivity contribution < 1.29 is 22.3 Å². The van der Waals surface area contributed by atoms with E-state index >= 15 is 0 Å². The fourth-order valence-electron chi connectivity index (χ4n) is 2.97. The largest absolute Gasteiger partial charge is 0.493 e. The van der Waals surface area contributed by atoms with Crippen molar-refractivity contribution in [2.24, 2.45) is 0 Å². The molecule has 1 heterocycles. The summed E-state index contributed by atoms with van der Waals surface area (Å²) in [4.78, 5) is 12.6. The topological polar surface area (TPSA) is 96.3 Å². The molecule has 2 aromatic carbocycles. The molecule has 0 bridgehead atoms. The number of benzene rings is 2. The number of thiophene rings is 1. The number of anilines is 1. The number of carbonyl (C=O) groups is 1. The summed E-state index contributed by atoms with van der Waals surface area (Å²) >= 11 is 1.26. The van der Waals surface area contributed by atoms with Crippen LogP contribution < -0.4 is 10.1 Å². The second-order valence-electron chi connectivity index (χ2n) is 6.62. The van der Waals surface area contributed by atoms with Crippen LogP contribution in [0.3, 0.4) is 0 Å². The fourth-order valence-corrected chi connectivity index (χ4v) is 4.67. The van der Waals surface area contributed by atoms with E-state index < -0.39 is 15.7 Å². The summed E-state index contributed by atoms with van der Waals surface area (Å²) in [7, 11) is -1.94. The monoisotopic (exact) mass is 458 g/mol. The molecule has 0 aliphatic heterocycles. The minimum atomic E-state index is -3.29. The van der Waals surface area contributed by atoms with Gasteiger partial charge in [0.05, 0.1) is 40.8 Å². The van der Waals surface area contributed by atoms with Gasteiger partial charge in [-0.05, 0) is 41.5 Å². The van der Waals surface area contributed by atoms with Crippen molar-refractivity contribution in [2.75, 3.05) is 18.2 Å². The maximum absolute atomic E-state index is 14.2. The molecule has 0 unspecified atom stereocenters. The van der Waals surface area contributed by atoms with Gasteiger partial charge in [-0.3, -0.25) is 4.79 Å². The van der Waals surface area contributed by atoms with Crippen LogP contribution in [0.1, 0.15) is 18.1 Å². The Morgan fingerprint density at radius 1 is 1.23 bits per heavy atom. The van der Waals surface area contributed by atoms with E-state index in [0.717, 1.165) is 6.07 Å². The van der Waals surface area contributed by atoms with E-state index in [1.807, 2.05) is 6.07 Å². The van der Waals surface area contributed by atoms with E-state index in [9.17, 15) is 17.6 Å². The molecule has 0 saturated carbocycles. The lowest BCUT2D eigenvalue weighted by atomic mass is 10.0. The normalized spacial score (nSPS) is 11.0. The third-order valence-corrected chi connectivity index (χ3v) is 7.17. The van der Waals surface area contributed by atoms with E-state index in [0.29, 0.717) is 21.7 Å². The van der Waals surface area contributed by atoms with Gasteiger partial charge in [-0.2, -0.15) is 5.26 Å². The molecule has 1 aromatic heterocycles. The van der Waals surface area contributed by atoms with Gasteiger partial charge in [0, 0.05) is 10.9 Å². The van der Waals surface area contributed by atoms with Gasteiger partial charge in [0.1, 0.15) is 0 Å². The van der Waals surface area contributed by atoms with Crippen molar-refractivity contribution in [1.29, 1.82) is 5.26 Å². The zero-order chi connectivity index (χ0) is 22.6. The van der Waals surface area contributed by atoms with Crippen molar-refractivity contribution >= 4 is 32.1 Å². The Bertz CT molecular complexity index is 1260. The first-order valence-electron chi connectivity index (χ1n) is 9.25. The fraction of sp³-hybridized carbons (Fsp3) is 0.182. The molecular weight excluding hydrogens is 439 g/mol. The van der Waals surface area contributed by atoms with Gasteiger partial charge in [0.15, 0.2) is 21.4 Å². The molecule has 6 nitrogen and oxygen atoms in total. The van der Waals surface area contributed by atoms with Crippen molar-refractivity contribution in [1.82, 2.24) is 0 Å². The highest BCUT2D eigenvalue weighted by molar-refractivity contribution is 7.91. The Labute approximate surface area is 183 Å². The van der Waals surface area contributed by atoms with Gasteiger partial charge >= 0.3 is 0 Å². The van der Waals surface area contributed by atoms with Crippen LogP contribution in [0.4, 0.5) is 9.39 Å². The molecule has 31 heavy (non-hydrogen) atoms. The van der Waals surface area contributed by atoms with Crippen molar-refractivity contribution in [3.63, 3.8) is 0 Å². The van der Waals surface area contributed by atoms with E-state index in [-0.39, 0.29) is 34.3 Å². The molecule has 1 amide bonds. The maximum Gasteiger partial charge on any atom is 0.229 e. The molecule has 3 rings (SSSR count). The third-order valence-electron chi connectivity index (χ3n) is 4.58. The number of hydrogen-bond donors (Lipinski definition) is 1. The predicted molar refractivity (Wildman–Crippen MR) is 117 cm³/mol. The highest BCUT2D eigenvalue weighted by atomic mass is 32.2. The molecular formula is C22H19FN2O4S2. The number of methoxy groups -OCH3 is 1. The quantitative estimate of drug-likeness (QED) is 0.566. The van der Waals surface area contributed by atoms with Crippen LogP contribution in [0.15, 0.2) is 52.7 Å². The van der Waals surface area contributed by atoms with E-state index in [1.165, 1.54) is 36.6 Å². The first kappa shape index (κ1) is 22.5. The van der Waals surface area contributed by atoms with Crippen LogP contribution in [0.25, 0.3) is 11.1 Å². The highest BCUT2D eigenvalue weighted by Gasteiger charge is 2.16. The van der Waals surface area contributed by atoms with E-state index in [1.54, 1.807) is 30.5 Å². The molecule has 0 aliphatic rings. The number of nitrogens with zero attached hydrogens (tertiary/aromatic N) is 1. The number of carbonyl (C=O) groups excluding carboxylic acids is 1. The molecule has 0 saturated heterocycles. The summed E-state index contributed by atoms with van der Waals surface area (Å²) in [6, 6.07) is 12.4. The SMILES string of the molecule is CCS(=O)(=O)c1ccc(CC(=O)Nc2cc(-c3cc(C#N)cc(F)c3OC)cs2)cc1. The maximum atomic E-state index is 14.2. The minimum Gasteiger partial charge on any atom is -0.493 e. The summed E-state index contributed by atoms with van der Waals surface area (Å²) in [5, 5.41) is 14.2. The number of nitrogens with one attached hydrogen (secondary N) is 1. The lowest BCUT2D eigenvalue weighted by molar-refractivity contribution is -0.115. The Morgan fingerprint density at radius 3 is 2.55 bits per heavy atom. The number of sulfone groups is 1. The lowest BCUT2D eigenvalue weighted by Crippen LogP contribution is -2.13. The molecule has 0 spiro atoms. The highest BCUT2D eigenvalue weighted by Crippen LogP contribution is 2.37. The van der Waals surface area contributed by atoms with Crippen molar-refractivity contribution in [3.8, 4) is 22.9 Å². The summed E-state index contributed by atoms with van der Waals surface area (Å²) in [5.41, 5.74) is 1.87. The zero-order valence-electron chi connectivity index (χ0n) is 16.8. The smallest absolute Gasteiger partial charge is 0.229 e. The second kappa shape index (κ2) is 9.29. The standard InChI is InChI=1S/C22H19FN2O4S2/c1-3-31(27,28)17-6-4-14(5-7-17)10-20(26)25-21-11-16(13-30-21)18-8-15(12-24)9-19(23)22(18)29-2/h4-9,11,13H,3,10H2,1-2H3,(H,25,26). The van der Waals surface area contributed by atoms with Gasteiger partial charge in [-0.1, -0.05) is 19.1 Å². The average molecular weight is 459 g/mol. The lowest BCUT2D eigenvalue weighted by Gasteiger charge is -2.08. The van der Waals surface area contributed by atoms with Crippen LogP contribution in [0.2, 0.25) is 0 Å². The minimum absolute atomic E-state index is 0.0134. The molecule has 9 heteroatoms. The van der Waals surface area contributed by atoms with Crippen LogP contribution in [0.5, 0.6) is 5.75 Å². The molecule has 0 radical (unpaired) electrons. The van der Waals surface area contributed by atoms with Crippen LogP contribution in [-0.2, 0) is 21.1 Å². The molecule has 160 valence electrons. The molecule has 0 fully saturated rings. The van der Waals surface area contributed by atoms with Crippen molar-refractivity contribution in [2.45, 2.75) is 18.2 Å². The average Bonchev–Trinajstić information content (AvgIpc) is 3.21. The number of amides is 1. The number of nitriles is 1. The van der Waals surface area contributed by atoms with Gasteiger partial charge in [-0.15, -0.1) is 11.3 Å². The van der Waals surface area contributed by atoms with Crippen LogP contribution in [0, 0.1) is 17.1 Å². The second-order valence-corrected chi connectivity index (χ2v) is 9.81. The number of ether oxygens (including phenoxy) is 1. The van der Waals surface area contributed by atoms with Crippen LogP contribution >= 0.6 is 11.3 Å². The molecule has 3 aromatic rings. The molecule has 0 atom stereocenters. The van der Waals surface area contributed by atoms with E-state index in [4.69, 9.17) is 10.00 Å². The van der Waals surface area contributed by atoms with Crippen LogP contribution in [-0.4, -0.2) is 27.2 Å². The van der Waals surface area contributed by atoms with Crippen molar-refractivity contribution in [3.05, 3.63) is 64.8 Å². The first-order valence-corrected chi connectivity index (χ1v) is 11.8. The summed E-state index contributed by atoms with van der Waals surface area (Å²) in [5.74, 6) is -0.874. The Balaban J connectivity index is 1.74.